The van der Waals surface area contributed by atoms with Gasteiger partial charge in [0.15, 0.2) is 0 Å². The Hall–Kier alpha value is -2.53. The predicted octanol–water partition coefficient (Wildman–Crippen LogP) is 2.80. The highest BCUT2D eigenvalue weighted by Crippen LogP contribution is 2.29. The molecule has 0 unspecified atom stereocenters. The zero-order valence-electron chi connectivity index (χ0n) is 15.9. The monoisotopic (exact) mass is 365 g/mol. The second kappa shape index (κ2) is 8.01. The van der Waals surface area contributed by atoms with Crippen LogP contribution in [0, 0.1) is 0 Å². The van der Waals surface area contributed by atoms with Crippen LogP contribution >= 0.6 is 0 Å². The molecule has 0 spiro atoms. The second-order valence-corrected chi connectivity index (χ2v) is 7.21. The van der Waals surface area contributed by atoms with Crippen molar-refractivity contribution in [3.05, 3.63) is 54.1 Å². The number of anilines is 2. The number of nitrogens with zero attached hydrogens (tertiary/aromatic N) is 3. The van der Waals surface area contributed by atoms with E-state index < -0.39 is 0 Å². The summed E-state index contributed by atoms with van der Waals surface area (Å²) in [7, 11) is 1.71. The molecule has 5 nitrogen and oxygen atoms in total. The van der Waals surface area contributed by atoms with Crippen molar-refractivity contribution in [1.82, 2.24) is 4.90 Å². The number of amides is 1. The van der Waals surface area contributed by atoms with E-state index in [0.717, 1.165) is 62.7 Å². The standard InChI is InChI=1S/C22H27N3O2/c1-27-21-11-5-4-10-20(21)24-15-13-23(14-16-24)17-22(26)25-12-6-8-18-7-2-3-9-19(18)25/h2-5,7,9-11H,6,8,12-17H2,1H3. The molecule has 0 aromatic heterocycles. The summed E-state index contributed by atoms with van der Waals surface area (Å²) in [6, 6.07) is 16.4. The highest BCUT2D eigenvalue weighted by atomic mass is 16.5. The fourth-order valence-corrected chi connectivity index (χ4v) is 4.11. The van der Waals surface area contributed by atoms with Gasteiger partial charge in [-0.2, -0.15) is 0 Å². The number of aryl methyl sites for hydroxylation is 1. The Morgan fingerprint density at radius 1 is 0.926 bits per heavy atom. The molecule has 2 heterocycles. The van der Waals surface area contributed by atoms with Crippen molar-refractivity contribution < 1.29 is 9.53 Å². The number of rotatable bonds is 4. The van der Waals surface area contributed by atoms with E-state index in [0.29, 0.717) is 6.54 Å². The fraction of sp³-hybridized carbons (Fsp3) is 0.409. The first-order valence-corrected chi connectivity index (χ1v) is 9.75. The number of benzene rings is 2. The van der Waals surface area contributed by atoms with Crippen molar-refractivity contribution in [2.45, 2.75) is 12.8 Å². The van der Waals surface area contributed by atoms with Gasteiger partial charge in [0.05, 0.1) is 19.3 Å². The van der Waals surface area contributed by atoms with Gasteiger partial charge in [-0.25, -0.2) is 0 Å². The average molecular weight is 365 g/mol. The van der Waals surface area contributed by atoms with Crippen molar-refractivity contribution in [2.24, 2.45) is 0 Å². The molecule has 1 amide bonds. The van der Waals surface area contributed by atoms with Crippen LogP contribution in [0.25, 0.3) is 0 Å². The molecule has 5 heteroatoms. The maximum atomic E-state index is 12.9. The fourth-order valence-electron chi connectivity index (χ4n) is 4.11. The summed E-state index contributed by atoms with van der Waals surface area (Å²) < 4.78 is 5.49. The molecule has 2 aromatic rings. The van der Waals surface area contributed by atoms with Gasteiger partial charge in [-0.15, -0.1) is 0 Å². The van der Waals surface area contributed by atoms with E-state index >= 15 is 0 Å². The lowest BCUT2D eigenvalue weighted by Crippen LogP contribution is -2.50. The van der Waals surface area contributed by atoms with E-state index in [1.807, 2.05) is 29.2 Å². The van der Waals surface area contributed by atoms with Gasteiger partial charge >= 0.3 is 0 Å². The van der Waals surface area contributed by atoms with Gasteiger partial charge in [0.2, 0.25) is 5.91 Å². The van der Waals surface area contributed by atoms with Crippen LogP contribution in [-0.4, -0.2) is 57.2 Å². The number of ether oxygens (including phenoxy) is 1. The van der Waals surface area contributed by atoms with E-state index in [-0.39, 0.29) is 5.91 Å². The van der Waals surface area contributed by atoms with Crippen LogP contribution in [-0.2, 0) is 11.2 Å². The lowest BCUT2D eigenvalue weighted by atomic mass is 10.0. The normalized spacial score (nSPS) is 17.5. The molecule has 142 valence electrons. The van der Waals surface area contributed by atoms with E-state index in [9.17, 15) is 4.79 Å². The number of hydrogen-bond donors (Lipinski definition) is 0. The lowest BCUT2D eigenvalue weighted by Gasteiger charge is -2.37. The zero-order chi connectivity index (χ0) is 18.6. The first-order valence-electron chi connectivity index (χ1n) is 9.75. The largest absolute Gasteiger partial charge is 0.495 e. The summed E-state index contributed by atoms with van der Waals surface area (Å²) in [5.41, 5.74) is 3.52. The Kier molecular flexibility index (Phi) is 5.30. The van der Waals surface area contributed by atoms with Gasteiger partial charge in [0.1, 0.15) is 5.75 Å². The van der Waals surface area contributed by atoms with Crippen LogP contribution in [0.5, 0.6) is 5.75 Å². The highest BCUT2D eigenvalue weighted by Gasteiger charge is 2.26. The van der Waals surface area contributed by atoms with E-state index in [4.69, 9.17) is 4.74 Å². The molecule has 0 aliphatic carbocycles. The minimum absolute atomic E-state index is 0.216. The molecular weight excluding hydrogens is 338 g/mol. The highest BCUT2D eigenvalue weighted by molar-refractivity contribution is 5.96. The molecule has 2 aliphatic rings. The van der Waals surface area contributed by atoms with Crippen LogP contribution in [0.3, 0.4) is 0 Å². The van der Waals surface area contributed by atoms with Crippen LogP contribution in [0.4, 0.5) is 11.4 Å². The average Bonchev–Trinajstić information content (AvgIpc) is 2.74. The van der Waals surface area contributed by atoms with E-state index in [1.165, 1.54) is 5.56 Å². The Morgan fingerprint density at radius 3 is 2.41 bits per heavy atom. The first kappa shape index (κ1) is 17.9. The van der Waals surface area contributed by atoms with E-state index in [1.54, 1.807) is 7.11 Å². The maximum Gasteiger partial charge on any atom is 0.241 e. The van der Waals surface area contributed by atoms with Crippen LogP contribution in [0.15, 0.2) is 48.5 Å². The summed E-state index contributed by atoms with van der Waals surface area (Å²) in [4.78, 5) is 19.5. The Balaban J connectivity index is 1.37. The number of carbonyl (C=O) groups excluding carboxylic acids is 1. The number of fused-ring (bicyclic) bond motifs is 1. The molecule has 0 radical (unpaired) electrons. The van der Waals surface area contributed by atoms with Crippen molar-refractivity contribution in [1.29, 1.82) is 0 Å². The third kappa shape index (κ3) is 3.78. The molecule has 0 bridgehead atoms. The van der Waals surface area contributed by atoms with Gasteiger partial charge < -0.3 is 14.5 Å². The van der Waals surface area contributed by atoms with Crippen molar-refractivity contribution in [3.63, 3.8) is 0 Å². The van der Waals surface area contributed by atoms with Gasteiger partial charge in [-0.3, -0.25) is 9.69 Å². The topological polar surface area (TPSA) is 36.0 Å². The first-order chi connectivity index (χ1) is 13.3. The summed E-state index contributed by atoms with van der Waals surface area (Å²) >= 11 is 0. The van der Waals surface area contributed by atoms with Crippen molar-refractivity contribution in [3.8, 4) is 5.75 Å². The van der Waals surface area contributed by atoms with E-state index in [2.05, 4.69) is 34.1 Å². The minimum atomic E-state index is 0.216. The smallest absolute Gasteiger partial charge is 0.241 e. The molecule has 1 fully saturated rings. The van der Waals surface area contributed by atoms with Gasteiger partial charge in [0.25, 0.3) is 0 Å². The quantitative estimate of drug-likeness (QED) is 0.835. The molecule has 4 rings (SSSR count). The lowest BCUT2D eigenvalue weighted by molar-refractivity contribution is -0.119. The molecule has 1 saturated heterocycles. The molecule has 2 aromatic carbocycles. The SMILES string of the molecule is COc1ccccc1N1CCN(CC(=O)N2CCCc3ccccc32)CC1. The second-order valence-electron chi connectivity index (χ2n) is 7.21. The predicted molar refractivity (Wildman–Crippen MR) is 109 cm³/mol. The number of carbonyl (C=O) groups is 1. The van der Waals surface area contributed by atoms with Crippen molar-refractivity contribution in [2.75, 3.05) is 56.2 Å². The molecule has 0 saturated carbocycles. The number of hydrogen-bond acceptors (Lipinski definition) is 4. The minimum Gasteiger partial charge on any atom is -0.495 e. The van der Waals surface area contributed by atoms with Gasteiger partial charge in [-0.05, 0) is 36.6 Å². The van der Waals surface area contributed by atoms with Crippen LogP contribution < -0.4 is 14.5 Å². The molecule has 2 aliphatic heterocycles. The Labute approximate surface area is 161 Å². The molecule has 0 N–H and O–H groups in total. The third-order valence-corrected chi connectivity index (χ3v) is 5.57. The number of methoxy groups -OCH3 is 1. The molecule has 0 atom stereocenters. The van der Waals surface area contributed by atoms with Gasteiger partial charge in [0, 0.05) is 38.4 Å². The number of para-hydroxylation sites is 3. The Morgan fingerprint density at radius 2 is 1.63 bits per heavy atom. The molecular formula is C22H27N3O2. The van der Waals surface area contributed by atoms with Crippen molar-refractivity contribution >= 4 is 17.3 Å². The number of piperazine rings is 1. The Bertz CT molecular complexity index is 800. The van der Waals surface area contributed by atoms with Gasteiger partial charge in [-0.1, -0.05) is 30.3 Å². The summed E-state index contributed by atoms with van der Waals surface area (Å²) in [6.07, 6.45) is 2.11. The van der Waals surface area contributed by atoms with Crippen LogP contribution in [0.1, 0.15) is 12.0 Å². The maximum absolute atomic E-state index is 12.9. The molecule has 27 heavy (non-hydrogen) atoms. The summed E-state index contributed by atoms with van der Waals surface area (Å²) in [5.74, 6) is 1.12. The van der Waals surface area contributed by atoms with Crippen LogP contribution in [0.2, 0.25) is 0 Å². The summed E-state index contributed by atoms with van der Waals surface area (Å²) in [6.45, 7) is 4.91. The summed E-state index contributed by atoms with van der Waals surface area (Å²) in [5, 5.41) is 0. The zero-order valence-corrected chi connectivity index (χ0v) is 15.9. The third-order valence-electron chi connectivity index (χ3n) is 5.57.